The lowest BCUT2D eigenvalue weighted by Gasteiger charge is -2.16. The van der Waals surface area contributed by atoms with Gasteiger partial charge >= 0.3 is 0 Å². The van der Waals surface area contributed by atoms with Gasteiger partial charge in [0.1, 0.15) is 12.4 Å². The zero-order valence-electron chi connectivity index (χ0n) is 11.0. The molecular weight excluding hydrogens is 299 g/mol. The van der Waals surface area contributed by atoms with E-state index in [0.717, 1.165) is 29.9 Å². The van der Waals surface area contributed by atoms with Crippen molar-refractivity contribution in [3.05, 3.63) is 28.5 Å². The van der Waals surface area contributed by atoms with Gasteiger partial charge in [-0.1, -0.05) is 11.6 Å². The van der Waals surface area contributed by atoms with Gasteiger partial charge < -0.3 is 5.32 Å². The number of amides is 2. The molecule has 0 aromatic heterocycles. The summed E-state index contributed by atoms with van der Waals surface area (Å²) in [6.45, 7) is 0.266. The van der Waals surface area contributed by atoms with E-state index in [-0.39, 0.29) is 28.7 Å². The molecule has 1 saturated carbocycles. The molecule has 7 heteroatoms. The fourth-order valence-corrected chi connectivity index (χ4v) is 2.39. The van der Waals surface area contributed by atoms with E-state index < -0.39 is 17.5 Å². The van der Waals surface area contributed by atoms with E-state index in [4.69, 9.17) is 11.6 Å². The maximum absolute atomic E-state index is 13.5. The van der Waals surface area contributed by atoms with Crippen LogP contribution in [-0.2, 0) is 9.59 Å². The molecule has 0 saturated heterocycles. The number of halogens is 2. The molecule has 5 nitrogen and oxygen atoms in total. The summed E-state index contributed by atoms with van der Waals surface area (Å²) in [5.74, 6) is -2.21. The number of fused-ring (bicyclic) bond motifs is 1. The fraction of sp³-hybridized carbons (Fsp3) is 0.357. The molecule has 3 rings (SSSR count). The van der Waals surface area contributed by atoms with Gasteiger partial charge in [-0.2, -0.15) is 0 Å². The first-order valence-electron chi connectivity index (χ1n) is 6.59. The molecule has 2 aliphatic rings. The number of carbonyl (C=O) groups excluding carboxylic acids is 3. The number of benzene rings is 1. The van der Waals surface area contributed by atoms with Gasteiger partial charge in [-0.25, -0.2) is 4.39 Å². The molecular formula is C14H12ClFN2O3. The van der Waals surface area contributed by atoms with Gasteiger partial charge in [-0.3, -0.25) is 19.3 Å². The van der Waals surface area contributed by atoms with Crippen molar-refractivity contribution >= 4 is 34.9 Å². The highest BCUT2D eigenvalue weighted by atomic mass is 35.5. The number of hydrogen-bond acceptors (Lipinski definition) is 3. The van der Waals surface area contributed by atoms with Gasteiger partial charge in [0.15, 0.2) is 0 Å². The highest BCUT2D eigenvalue weighted by Gasteiger charge is 2.37. The van der Waals surface area contributed by atoms with Crippen LogP contribution in [0.25, 0.3) is 0 Å². The van der Waals surface area contributed by atoms with E-state index in [0.29, 0.717) is 12.5 Å². The minimum atomic E-state index is -0.840. The average molecular weight is 311 g/mol. The van der Waals surface area contributed by atoms with Crippen LogP contribution in [0.1, 0.15) is 23.2 Å². The third-order valence-corrected chi connectivity index (χ3v) is 3.89. The number of anilines is 1. The Morgan fingerprint density at radius 3 is 2.76 bits per heavy atom. The van der Waals surface area contributed by atoms with E-state index in [1.807, 2.05) is 0 Å². The molecule has 1 aromatic carbocycles. The van der Waals surface area contributed by atoms with Crippen LogP contribution in [0, 0.1) is 11.7 Å². The average Bonchev–Trinajstić information content (AvgIpc) is 3.24. The topological polar surface area (TPSA) is 66.5 Å². The monoisotopic (exact) mass is 310 g/mol. The standard InChI is InChI=1S/C14H12ClFN2O3/c15-9-3-8-11(4-10(9)16)18(14(21)13(8)20)6-12(19)17-5-7-1-2-7/h3-4,7H,1-2,5-6H2,(H,17,19). The molecule has 2 amide bonds. The molecule has 0 spiro atoms. The second-order valence-electron chi connectivity index (χ2n) is 5.25. The summed E-state index contributed by atoms with van der Waals surface area (Å²) in [6, 6.07) is 2.13. The maximum atomic E-state index is 13.5. The lowest BCUT2D eigenvalue weighted by atomic mass is 10.1. The predicted molar refractivity (Wildman–Crippen MR) is 73.8 cm³/mol. The number of nitrogens with one attached hydrogen (secondary N) is 1. The number of carbonyl (C=O) groups is 3. The van der Waals surface area contributed by atoms with Crippen molar-refractivity contribution in [3.63, 3.8) is 0 Å². The van der Waals surface area contributed by atoms with Gasteiger partial charge in [0, 0.05) is 6.54 Å². The summed E-state index contributed by atoms with van der Waals surface area (Å²) in [4.78, 5) is 36.5. The van der Waals surface area contributed by atoms with E-state index in [1.54, 1.807) is 0 Å². The molecule has 1 aromatic rings. The number of hydrogen-bond donors (Lipinski definition) is 1. The second kappa shape index (κ2) is 5.11. The van der Waals surface area contributed by atoms with Crippen molar-refractivity contribution in [2.75, 3.05) is 18.0 Å². The summed E-state index contributed by atoms with van der Waals surface area (Å²) in [5.41, 5.74) is 0.120. The van der Waals surface area contributed by atoms with Crippen LogP contribution >= 0.6 is 11.6 Å². The van der Waals surface area contributed by atoms with Gasteiger partial charge in [-0.05, 0) is 30.9 Å². The molecule has 0 atom stereocenters. The van der Waals surface area contributed by atoms with Gasteiger partial charge in [0.05, 0.1) is 16.3 Å². The Kier molecular flexibility index (Phi) is 3.41. The van der Waals surface area contributed by atoms with E-state index in [2.05, 4.69) is 5.32 Å². The number of ketones is 1. The molecule has 0 bridgehead atoms. The molecule has 0 radical (unpaired) electrons. The Morgan fingerprint density at radius 1 is 1.38 bits per heavy atom. The third kappa shape index (κ3) is 2.63. The van der Waals surface area contributed by atoms with Crippen LogP contribution in [0.15, 0.2) is 12.1 Å². The number of Topliss-reactive ketones (excluding diaryl/α,β-unsaturated/α-hetero) is 1. The van der Waals surface area contributed by atoms with Crippen molar-refractivity contribution in [3.8, 4) is 0 Å². The van der Waals surface area contributed by atoms with E-state index >= 15 is 0 Å². The van der Waals surface area contributed by atoms with E-state index in [1.165, 1.54) is 0 Å². The van der Waals surface area contributed by atoms with Crippen LogP contribution in [-0.4, -0.2) is 30.7 Å². The Balaban J connectivity index is 1.79. The summed E-state index contributed by atoms with van der Waals surface area (Å²) in [6.07, 6.45) is 2.18. The predicted octanol–water partition coefficient (Wildman–Crippen LogP) is 1.53. The minimum absolute atomic E-state index is 0.0291. The lowest BCUT2D eigenvalue weighted by Crippen LogP contribution is -2.40. The quantitative estimate of drug-likeness (QED) is 0.858. The van der Waals surface area contributed by atoms with E-state index in [9.17, 15) is 18.8 Å². The van der Waals surface area contributed by atoms with Crippen molar-refractivity contribution in [1.29, 1.82) is 0 Å². The summed E-state index contributed by atoms with van der Waals surface area (Å²) in [7, 11) is 0. The maximum Gasteiger partial charge on any atom is 0.299 e. The Bertz CT molecular complexity index is 658. The smallest absolute Gasteiger partial charge is 0.299 e. The molecule has 1 fully saturated rings. The largest absolute Gasteiger partial charge is 0.354 e. The summed E-state index contributed by atoms with van der Waals surface area (Å²) < 4.78 is 13.5. The second-order valence-corrected chi connectivity index (χ2v) is 5.66. The molecule has 110 valence electrons. The van der Waals surface area contributed by atoms with Crippen molar-refractivity contribution in [2.24, 2.45) is 5.92 Å². The van der Waals surface area contributed by atoms with Crippen LogP contribution in [0.4, 0.5) is 10.1 Å². The molecule has 1 aliphatic heterocycles. The third-order valence-electron chi connectivity index (χ3n) is 3.60. The first-order valence-corrected chi connectivity index (χ1v) is 6.97. The number of rotatable bonds is 4. The molecule has 21 heavy (non-hydrogen) atoms. The van der Waals surface area contributed by atoms with Crippen LogP contribution in [0.5, 0.6) is 0 Å². The highest BCUT2D eigenvalue weighted by Crippen LogP contribution is 2.33. The van der Waals surface area contributed by atoms with Gasteiger partial charge in [-0.15, -0.1) is 0 Å². The van der Waals surface area contributed by atoms with Crippen molar-refractivity contribution < 1.29 is 18.8 Å². The van der Waals surface area contributed by atoms with Crippen molar-refractivity contribution in [2.45, 2.75) is 12.8 Å². The fourth-order valence-electron chi connectivity index (χ4n) is 2.23. The first kappa shape index (κ1) is 14.0. The molecule has 1 N–H and O–H groups in total. The van der Waals surface area contributed by atoms with Gasteiger partial charge in [0.2, 0.25) is 5.91 Å². The molecule has 1 heterocycles. The Labute approximate surface area is 125 Å². The molecule has 0 unspecified atom stereocenters. The molecule has 1 aliphatic carbocycles. The lowest BCUT2D eigenvalue weighted by molar-refractivity contribution is -0.122. The minimum Gasteiger partial charge on any atom is -0.354 e. The number of nitrogens with zero attached hydrogens (tertiary/aromatic N) is 1. The highest BCUT2D eigenvalue weighted by molar-refractivity contribution is 6.53. The zero-order chi connectivity index (χ0) is 15.1. The zero-order valence-corrected chi connectivity index (χ0v) is 11.7. The van der Waals surface area contributed by atoms with Crippen LogP contribution in [0.2, 0.25) is 5.02 Å². The van der Waals surface area contributed by atoms with Crippen LogP contribution in [0.3, 0.4) is 0 Å². The Morgan fingerprint density at radius 2 is 2.10 bits per heavy atom. The van der Waals surface area contributed by atoms with Crippen LogP contribution < -0.4 is 10.2 Å². The van der Waals surface area contributed by atoms with Crippen molar-refractivity contribution in [1.82, 2.24) is 5.32 Å². The summed E-state index contributed by atoms with van der Waals surface area (Å²) >= 11 is 5.61. The summed E-state index contributed by atoms with van der Waals surface area (Å²) in [5, 5.41) is 2.47. The first-order chi connectivity index (χ1) is 9.97. The Hall–Kier alpha value is -1.95. The SMILES string of the molecule is O=C(CN1C(=O)C(=O)c2cc(Cl)c(F)cc21)NCC1CC1. The van der Waals surface area contributed by atoms with Gasteiger partial charge in [0.25, 0.3) is 11.7 Å². The normalized spacial score (nSPS) is 17.1.